The van der Waals surface area contributed by atoms with Gasteiger partial charge in [0.2, 0.25) is 0 Å². The van der Waals surface area contributed by atoms with E-state index in [9.17, 15) is 0 Å². The summed E-state index contributed by atoms with van der Waals surface area (Å²) < 4.78 is 0. The zero-order chi connectivity index (χ0) is 49.6. The van der Waals surface area contributed by atoms with Crippen LogP contribution in [0.2, 0.25) is 0 Å². The molecule has 2 aliphatic rings. The van der Waals surface area contributed by atoms with Crippen molar-refractivity contribution in [2.75, 3.05) is 9.80 Å². The number of nitrogens with zero attached hydrogens (tertiary/aromatic N) is 2. The van der Waals surface area contributed by atoms with Gasteiger partial charge in [-0.2, -0.15) is 0 Å². The molecule has 2 saturated carbocycles. The number of para-hydroxylation sites is 2. The number of anilines is 6. The lowest BCUT2D eigenvalue weighted by Crippen LogP contribution is -2.20. The lowest BCUT2D eigenvalue weighted by atomic mass is 9.77. The van der Waals surface area contributed by atoms with Crippen LogP contribution in [-0.2, 0) is 5.41 Å². The van der Waals surface area contributed by atoms with Crippen LogP contribution in [0.25, 0.3) is 54.6 Å². The van der Waals surface area contributed by atoms with Crippen molar-refractivity contribution in [1.82, 2.24) is 0 Å². The fourth-order valence-electron chi connectivity index (χ4n) is 13.0. The number of hydrogen-bond acceptors (Lipinski definition) is 2. The Morgan fingerprint density at radius 1 is 0.370 bits per heavy atom. The quantitative estimate of drug-likeness (QED) is 0.119. The fraction of sp³-hybridized carbons (Fsp3) is 0.268. The molecule has 0 spiro atoms. The van der Waals surface area contributed by atoms with Gasteiger partial charge in [-0.15, -0.1) is 0 Å². The highest BCUT2D eigenvalue weighted by molar-refractivity contribution is 6.29. The van der Waals surface area contributed by atoms with Gasteiger partial charge in [0.1, 0.15) is 0 Å². The largest absolute Gasteiger partial charge is 0.310 e. The molecule has 0 radical (unpaired) electrons. The van der Waals surface area contributed by atoms with Crippen LogP contribution in [0.1, 0.15) is 139 Å². The highest BCUT2D eigenvalue weighted by Gasteiger charge is 2.32. The molecule has 10 aromatic carbocycles. The summed E-state index contributed by atoms with van der Waals surface area (Å²) in [4.78, 5) is 5.29. The molecule has 0 amide bonds. The molecule has 2 nitrogen and oxygen atoms in total. The molecule has 364 valence electrons. The second-order valence-corrected chi connectivity index (χ2v) is 22.7. The van der Waals surface area contributed by atoms with Crippen LogP contribution in [0.5, 0.6) is 0 Å². The first-order valence-corrected chi connectivity index (χ1v) is 27.6. The standard InChI is InChI=1S/C71H70N2/c1-48(2)57-38-36-53(49-24-12-6-13-25-49)44-65(57)72(55-32-20-10-21-33-55)66-46-62(51-28-16-8-17-29-51)58-40-42-61-67(47-63(52-30-18-9-19-31-52)59-39-41-60(66)69(58)70(59)61)73(56-34-22-11-23-35-56)68-45-54(50-26-14-7-15-27-50)37-43-64(68)71(3,4)5/h6-7,10-15,20-27,32-48,51-52H,8-9,16-19,28-31H2,1-5H3. The van der Waals surface area contributed by atoms with Gasteiger partial charge in [0.15, 0.2) is 0 Å². The van der Waals surface area contributed by atoms with Crippen molar-refractivity contribution in [3.05, 3.63) is 216 Å². The van der Waals surface area contributed by atoms with E-state index in [1.54, 1.807) is 0 Å². The molecule has 12 rings (SSSR count). The zero-order valence-corrected chi connectivity index (χ0v) is 43.7. The second-order valence-electron chi connectivity index (χ2n) is 22.7. The second kappa shape index (κ2) is 19.7. The molecule has 0 atom stereocenters. The van der Waals surface area contributed by atoms with Crippen molar-refractivity contribution in [2.24, 2.45) is 0 Å². The summed E-state index contributed by atoms with van der Waals surface area (Å²) >= 11 is 0. The van der Waals surface area contributed by atoms with Gasteiger partial charge in [-0.25, -0.2) is 0 Å². The Morgan fingerprint density at radius 2 is 0.767 bits per heavy atom. The van der Waals surface area contributed by atoms with Gasteiger partial charge < -0.3 is 9.80 Å². The van der Waals surface area contributed by atoms with Crippen molar-refractivity contribution in [3.8, 4) is 22.3 Å². The van der Waals surface area contributed by atoms with Crippen LogP contribution < -0.4 is 9.80 Å². The Hall–Kier alpha value is -7.16. The molecule has 0 heterocycles. The molecule has 2 fully saturated rings. The maximum absolute atomic E-state index is 2.65. The molecule has 2 aliphatic carbocycles. The van der Waals surface area contributed by atoms with Crippen LogP contribution >= 0.6 is 0 Å². The first-order valence-electron chi connectivity index (χ1n) is 27.6. The summed E-state index contributed by atoms with van der Waals surface area (Å²) in [5.74, 6) is 1.29. The maximum atomic E-state index is 2.65. The summed E-state index contributed by atoms with van der Waals surface area (Å²) in [5.41, 5.74) is 17.9. The number of benzene rings is 10. The summed E-state index contributed by atoms with van der Waals surface area (Å²) in [6, 6.07) is 74.3. The summed E-state index contributed by atoms with van der Waals surface area (Å²) in [6.07, 6.45) is 12.7. The van der Waals surface area contributed by atoms with Crippen molar-refractivity contribution >= 4 is 66.4 Å². The molecular formula is C71H70N2. The SMILES string of the molecule is CC(C)c1ccc(-c2ccccc2)cc1N(c1ccccc1)c1cc(C2CCCCC2)c2ccc3c(N(c4ccccc4)c4cc(-c5ccccc5)ccc4C(C)(C)C)cc(C4CCCCC4)c4ccc1c2c43. The van der Waals surface area contributed by atoms with E-state index in [2.05, 4.69) is 239 Å². The molecule has 0 aliphatic heterocycles. The van der Waals surface area contributed by atoms with Crippen molar-refractivity contribution < 1.29 is 0 Å². The predicted octanol–water partition coefficient (Wildman–Crippen LogP) is 21.4. The van der Waals surface area contributed by atoms with E-state index in [0.29, 0.717) is 17.8 Å². The van der Waals surface area contributed by atoms with Gasteiger partial charge in [-0.1, -0.05) is 219 Å². The van der Waals surface area contributed by atoms with Gasteiger partial charge in [0.05, 0.1) is 22.7 Å². The topological polar surface area (TPSA) is 6.48 Å². The Labute approximate surface area is 434 Å². The van der Waals surface area contributed by atoms with Gasteiger partial charge in [0, 0.05) is 22.1 Å². The Balaban J connectivity index is 1.21. The molecular weight excluding hydrogens is 881 g/mol. The van der Waals surface area contributed by atoms with E-state index in [0.717, 1.165) is 0 Å². The van der Waals surface area contributed by atoms with E-state index < -0.39 is 0 Å². The highest BCUT2D eigenvalue weighted by Crippen LogP contribution is 2.54. The maximum Gasteiger partial charge on any atom is 0.0543 e. The first-order chi connectivity index (χ1) is 35.7. The Morgan fingerprint density at radius 3 is 1.21 bits per heavy atom. The van der Waals surface area contributed by atoms with Gasteiger partial charge in [-0.3, -0.25) is 0 Å². The molecule has 0 N–H and O–H groups in total. The fourth-order valence-corrected chi connectivity index (χ4v) is 13.0. The molecule has 0 saturated heterocycles. The molecule has 0 aromatic heterocycles. The lowest BCUT2D eigenvalue weighted by Gasteiger charge is -2.35. The van der Waals surface area contributed by atoms with Crippen LogP contribution in [-0.4, -0.2) is 0 Å². The average molecular weight is 951 g/mol. The average Bonchev–Trinajstić information content (AvgIpc) is 3.44. The van der Waals surface area contributed by atoms with E-state index in [1.165, 1.54) is 175 Å². The molecule has 10 aromatic rings. The Bertz CT molecular complexity index is 3520. The van der Waals surface area contributed by atoms with E-state index in [-0.39, 0.29) is 5.41 Å². The van der Waals surface area contributed by atoms with Gasteiger partial charge in [-0.05, 0) is 163 Å². The predicted molar refractivity (Wildman–Crippen MR) is 315 cm³/mol. The summed E-state index contributed by atoms with van der Waals surface area (Å²) in [5, 5.41) is 8.32. The third-order valence-electron chi connectivity index (χ3n) is 16.7. The minimum Gasteiger partial charge on any atom is -0.310 e. The minimum atomic E-state index is -0.120. The van der Waals surface area contributed by atoms with E-state index in [4.69, 9.17) is 0 Å². The number of hydrogen-bond donors (Lipinski definition) is 0. The third-order valence-corrected chi connectivity index (χ3v) is 16.7. The molecule has 73 heavy (non-hydrogen) atoms. The van der Waals surface area contributed by atoms with Gasteiger partial charge in [0.25, 0.3) is 0 Å². The smallest absolute Gasteiger partial charge is 0.0543 e. The molecule has 0 bridgehead atoms. The van der Waals surface area contributed by atoms with Crippen LogP contribution in [0.4, 0.5) is 34.1 Å². The third kappa shape index (κ3) is 8.77. The zero-order valence-electron chi connectivity index (χ0n) is 43.7. The van der Waals surface area contributed by atoms with Crippen LogP contribution in [0, 0.1) is 0 Å². The van der Waals surface area contributed by atoms with Crippen LogP contribution in [0.15, 0.2) is 194 Å². The molecule has 0 unspecified atom stereocenters. The normalized spacial score (nSPS) is 14.9. The van der Waals surface area contributed by atoms with Crippen LogP contribution in [0.3, 0.4) is 0 Å². The Kier molecular flexibility index (Phi) is 12.6. The minimum absolute atomic E-state index is 0.120. The number of rotatable bonds is 11. The highest BCUT2D eigenvalue weighted by atomic mass is 15.2. The van der Waals surface area contributed by atoms with Crippen molar-refractivity contribution in [3.63, 3.8) is 0 Å². The van der Waals surface area contributed by atoms with Crippen molar-refractivity contribution in [2.45, 2.75) is 122 Å². The van der Waals surface area contributed by atoms with E-state index in [1.807, 2.05) is 0 Å². The van der Waals surface area contributed by atoms with Gasteiger partial charge >= 0.3 is 0 Å². The summed E-state index contributed by atoms with van der Waals surface area (Å²) in [7, 11) is 0. The summed E-state index contributed by atoms with van der Waals surface area (Å²) in [6.45, 7) is 11.8. The first kappa shape index (κ1) is 46.9. The van der Waals surface area contributed by atoms with E-state index >= 15 is 0 Å². The van der Waals surface area contributed by atoms with Crippen molar-refractivity contribution in [1.29, 1.82) is 0 Å². The molecule has 2 heteroatoms. The monoisotopic (exact) mass is 951 g/mol. The lowest BCUT2D eigenvalue weighted by molar-refractivity contribution is 0.445.